The number of nitrogens with zero attached hydrogens (tertiary/aromatic N) is 4. The molecule has 1 saturated heterocycles. The van der Waals surface area contributed by atoms with Gasteiger partial charge in [-0.1, -0.05) is 11.6 Å². The molecule has 0 saturated carbocycles. The highest BCUT2D eigenvalue weighted by Gasteiger charge is 2.17. The Balaban J connectivity index is 1.84. The highest BCUT2D eigenvalue weighted by atomic mass is 35.5. The highest BCUT2D eigenvalue weighted by molar-refractivity contribution is 6.32. The van der Waals surface area contributed by atoms with Crippen molar-refractivity contribution in [2.75, 3.05) is 6.61 Å². The van der Waals surface area contributed by atoms with Gasteiger partial charge >= 0.3 is 0 Å². The first-order chi connectivity index (χ1) is 9.66. The smallest absolute Gasteiger partial charge is 0.198 e. The number of ether oxygens (including phenoxy) is 1. The van der Waals surface area contributed by atoms with Gasteiger partial charge in [-0.15, -0.1) is 10.2 Å². The van der Waals surface area contributed by atoms with Gasteiger partial charge in [0.2, 0.25) is 0 Å². The van der Waals surface area contributed by atoms with Crippen molar-refractivity contribution >= 4 is 17.2 Å². The van der Waals surface area contributed by atoms with Crippen LogP contribution >= 0.6 is 11.6 Å². The Labute approximate surface area is 123 Å². The van der Waals surface area contributed by atoms with Crippen LogP contribution in [0, 0.1) is 13.8 Å². The molecule has 2 aromatic heterocycles. The summed E-state index contributed by atoms with van der Waals surface area (Å²) in [6.07, 6.45) is 5.79. The zero-order chi connectivity index (χ0) is 14.1. The van der Waals surface area contributed by atoms with Crippen molar-refractivity contribution in [3.8, 4) is 0 Å². The molecule has 2 aromatic rings. The molecule has 3 heterocycles. The predicted octanol–water partition coefficient (Wildman–Crippen LogP) is 2.90. The standard InChI is InChI=1S/C14H19ClN4O/c1-9-10(2)19-12(17-18-14(19)13(15)16-9)7-6-11-5-3-4-8-20-11/h11H,3-8H2,1-2H3. The largest absolute Gasteiger partial charge is 0.378 e. The number of hydrogen-bond acceptors (Lipinski definition) is 4. The molecule has 0 radical (unpaired) electrons. The van der Waals surface area contributed by atoms with Crippen molar-refractivity contribution in [1.82, 2.24) is 19.6 Å². The molecule has 1 aliphatic heterocycles. The molecule has 0 aliphatic carbocycles. The van der Waals surface area contributed by atoms with Gasteiger partial charge < -0.3 is 4.74 Å². The first kappa shape index (κ1) is 13.8. The van der Waals surface area contributed by atoms with E-state index >= 15 is 0 Å². The molecule has 0 amide bonds. The van der Waals surface area contributed by atoms with E-state index in [9.17, 15) is 0 Å². The van der Waals surface area contributed by atoms with Gasteiger partial charge in [-0.25, -0.2) is 4.98 Å². The first-order valence-electron chi connectivity index (χ1n) is 7.15. The summed E-state index contributed by atoms with van der Waals surface area (Å²) in [5, 5.41) is 8.85. The topological polar surface area (TPSA) is 52.3 Å². The van der Waals surface area contributed by atoms with Crippen molar-refractivity contribution in [3.05, 3.63) is 22.4 Å². The molecule has 1 fully saturated rings. The quantitative estimate of drug-likeness (QED) is 0.873. The lowest BCUT2D eigenvalue weighted by atomic mass is 10.0. The molecule has 108 valence electrons. The molecular formula is C14H19ClN4O. The van der Waals surface area contributed by atoms with Crippen LogP contribution in [0.1, 0.15) is 42.9 Å². The zero-order valence-electron chi connectivity index (χ0n) is 11.9. The summed E-state index contributed by atoms with van der Waals surface area (Å²) in [4.78, 5) is 4.28. The lowest BCUT2D eigenvalue weighted by Gasteiger charge is -2.22. The Morgan fingerprint density at radius 3 is 2.90 bits per heavy atom. The first-order valence-corrected chi connectivity index (χ1v) is 7.53. The molecule has 0 bridgehead atoms. The average Bonchev–Trinajstić information content (AvgIpc) is 2.88. The predicted molar refractivity (Wildman–Crippen MR) is 77.2 cm³/mol. The SMILES string of the molecule is Cc1nc(Cl)c2nnc(CCC3CCCCO3)n2c1C. The maximum atomic E-state index is 6.14. The van der Waals surface area contributed by atoms with Crippen LogP contribution in [0.3, 0.4) is 0 Å². The van der Waals surface area contributed by atoms with Gasteiger partial charge in [-0.05, 0) is 39.5 Å². The number of hydrogen-bond donors (Lipinski definition) is 0. The summed E-state index contributed by atoms with van der Waals surface area (Å²) in [5.74, 6) is 0.944. The third-order valence-corrected chi connectivity index (χ3v) is 4.26. The van der Waals surface area contributed by atoms with Crippen LogP contribution in [-0.4, -0.2) is 32.3 Å². The Kier molecular flexibility index (Phi) is 3.89. The molecule has 1 aliphatic rings. The van der Waals surface area contributed by atoms with E-state index in [4.69, 9.17) is 16.3 Å². The van der Waals surface area contributed by atoms with Gasteiger partial charge in [0.25, 0.3) is 0 Å². The zero-order valence-corrected chi connectivity index (χ0v) is 12.7. The fourth-order valence-corrected chi connectivity index (χ4v) is 2.98. The van der Waals surface area contributed by atoms with E-state index in [2.05, 4.69) is 15.2 Å². The van der Waals surface area contributed by atoms with E-state index in [0.29, 0.717) is 16.9 Å². The van der Waals surface area contributed by atoms with E-state index in [-0.39, 0.29) is 0 Å². The highest BCUT2D eigenvalue weighted by Crippen LogP contribution is 2.21. The number of aromatic nitrogens is 4. The van der Waals surface area contributed by atoms with Crippen LogP contribution < -0.4 is 0 Å². The summed E-state index contributed by atoms with van der Waals surface area (Å²) in [7, 11) is 0. The maximum Gasteiger partial charge on any atom is 0.198 e. The number of aryl methyl sites for hydroxylation is 3. The molecule has 3 rings (SSSR count). The van der Waals surface area contributed by atoms with Gasteiger partial charge in [-0.3, -0.25) is 4.40 Å². The molecule has 1 atom stereocenters. The number of halogens is 1. The second-order valence-corrected chi connectivity index (χ2v) is 5.73. The molecule has 0 spiro atoms. The minimum atomic E-state index is 0.356. The van der Waals surface area contributed by atoms with Gasteiger partial charge in [0.15, 0.2) is 10.8 Å². The third kappa shape index (κ3) is 2.52. The Morgan fingerprint density at radius 2 is 2.15 bits per heavy atom. The van der Waals surface area contributed by atoms with Crippen LogP contribution in [0.25, 0.3) is 5.65 Å². The van der Waals surface area contributed by atoms with E-state index in [0.717, 1.165) is 43.1 Å². The van der Waals surface area contributed by atoms with Gasteiger partial charge in [0, 0.05) is 18.7 Å². The number of fused-ring (bicyclic) bond motifs is 1. The van der Waals surface area contributed by atoms with E-state index in [1.807, 2.05) is 18.2 Å². The fraction of sp³-hybridized carbons (Fsp3) is 0.643. The van der Waals surface area contributed by atoms with E-state index in [1.165, 1.54) is 12.8 Å². The molecule has 0 aromatic carbocycles. The lowest BCUT2D eigenvalue weighted by Crippen LogP contribution is -2.20. The second-order valence-electron chi connectivity index (χ2n) is 5.38. The second kappa shape index (κ2) is 5.66. The average molecular weight is 295 g/mol. The van der Waals surface area contributed by atoms with Crippen LogP contribution in [0.2, 0.25) is 5.15 Å². The van der Waals surface area contributed by atoms with Crippen LogP contribution in [0.4, 0.5) is 0 Å². The Bertz CT molecular complexity index is 619. The Morgan fingerprint density at radius 1 is 1.30 bits per heavy atom. The van der Waals surface area contributed by atoms with Crippen LogP contribution in [0.5, 0.6) is 0 Å². The minimum Gasteiger partial charge on any atom is -0.378 e. The third-order valence-electron chi connectivity index (χ3n) is 4.00. The van der Waals surface area contributed by atoms with Crippen molar-refractivity contribution in [3.63, 3.8) is 0 Å². The van der Waals surface area contributed by atoms with Crippen molar-refractivity contribution in [2.24, 2.45) is 0 Å². The van der Waals surface area contributed by atoms with Crippen molar-refractivity contribution in [1.29, 1.82) is 0 Å². The minimum absolute atomic E-state index is 0.356. The van der Waals surface area contributed by atoms with Crippen molar-refractivity contribution < 1.29 is 4.74 Å². The molecule has 5 nitrogen and oxygen atoms in total. The maximum absolute atomic E-state index is 6.14. The summed E-state index contributed by atoms with van der Waals surface area (Å²) in [5.41, 5.74) is 2.61. The number of rotatable bonds is 3. The van der Waals surface area contributed by atoms with E-state index < -0.39 is 0 Å². The normalized spacial score (nSPS) is 19.6. The molecular weight excluding hydrogens is 276 g/mol. The molecule has 0 N–H and O–H groups in total. The summed E-state index contributed by atoms with van der Waals surface area (Å²) >= 11 is 6.14. The fourth-order valence-electron chi connectivity index (χ4n) is 2.73. The summed E-state index contributed by atoms with van der Waals surface area (Å²) < 4.78 is 7.79. The molecule has 6 heteroatoms. The van der Waals surface area contributed by atoms with Crippen LogP contribution in [0.15, 0.2) is 0 Å². The summed E-state index contributed by atoms with van der Waals surface area (Å²) in [6.45, 7) is 4.86. The Hall–Kier alpha value is -1.20. The van der Waals surface area contributed by atoms with E-state index in [1.54, 1.807) is 0 Å². The molecule has 20 heavy (non-hydrogen) atoms. The van der Waals surface area contributed by atoms with Crippen LogP contribution in [-0.2, 0) is 11.2 Å². The van der Waals surface area contributed by atoms with Gasteiger partial charge in [-0.2, -0.15) is 0 Å². The molecule has 1 unspecified atom stereocenters. The monoisotopic (exact) mass is 294 g/mol. The van der Waals surface area contributed by atoms with Gasteiger partial charge in [0.1, 0.15) is 5.82 Å². The van der Waals surface area contributed by atoms with Crippen molar-refractivity contribution in [2.45, 2.75) is 52.1 Å². The van der Waals surface area contributed by atoms with Gasteiger partial charge in [0.05, 0.1) is 11.8 Å². The summed E-state index contributed by atoms with van der Waals surface area (Å²) in [6, 6.07) is 0. The lowest BCUT2D eigenvalue weighted by molar-refractivity contribution is 0.0112.